The van der Waals surface area contributed by atoms with Gasteiger partial charge in [-0.1, -0.05) is 32.0 Å². The Labute approximate surface area is 224 Å². The molecule has 0 fully saturated rings. The average Bonchev–Trinajstić information content (AvgIpc) is 3.26. The molecule has 1 heterocycles. The van der Waals surface area contributed by atoms with Crippen LogP contribution in [0.4, 0.5) is 0 Å². The van der Waals surface area contributed by atoms with Crippen LogP contribution in [0, 0.1) is 5.92 Å². The summed E-state index contributed by atoms with van der Waals surface area (Å²) < 4.78 is 0. The Morgan fingerprint density at radius 3 is 2.24 bits per heavy atom. The van der Waals surface area contributed by atoms with Crippen molar-refractivity contribution in [1.29, 1.82) is 0 Å². The lowest BCUT2D eigenvalue weighted by Crippen LogP contribution is -2.59. The van der Waals surface area contributed by atoms with Gasteiger partial charge >= 0.3 is 11.9 Å². The molecule has 0 aliphatic carbocycles. The van der Waals surface area contributed by atoms with Gasteiger partial charge in [-0.3, -0.25) is 19.2 Å². The number of H-pyrrole nitrogens is 1. The Bertz CT molecular complexity index is 1150. The van der Waals surface area contributed by atoms with Gasteiger partial charge in [0.25, 0.3) is 0 Å². The van der Waals surface area contributed by atoms with Crippen LogP contribution in [0.1, 0.15) is 32.3 Å². The van der Waals surface area contributed by atoms with Crippen molar-refractivity contribution in [3.05, 3.63) is 36.0 Å². The van der Waals surface area contributed by atoms with Crippen molar-refractivity contribution in [3.63, 3.8) is 0 Å². The van der Waals surface area contributed by atoms with E-state index >= 15 is 0 Å². The second-order valence-electron chi connectivity index (χ2n) is 9.24. The fraction of sp³-hybridized carbons (Fsp3) is 0.480. The number of carbonyl (C=O) groups excluding carboxylic acids is 3. The standard InChI is InChI=1S/C25H35N5O7S/c1-13(2)21(30-22(33)16(26)8-9-38-3)24(35)28-18(23(34)29-19(25(36)37)11-20(31)32)10-14-12-27-17-7-5-4-6-15(14)17/h4-7,12-13,16,18-19,21,27H,8-11,26H2,1-3H3,(H,28,35)(H,29,34)(H,30,33)(H,31,32)(H,36,37). The molecule has 38 heavy (non-hydrogen) atoms. The van der Waals surface area contributed by atoms with Crippen LogP contribution in [0.5, 0.6) is 0 Å². The molecule has 12 nitrogen and oxygen atoms in total. The van der Waals surface area contributed by atoms with Crippen LogP contribution in [0.2, 0.25) is 0 Å². The quantitative estimate of drug-likeness (QED) is 0.165. The van der Waals surface area contributed by atoms with Gasteiger partial charge in [0.05, 0.1) is 12.5 Å². The number of nitrogens with two attached hydrogens (primary N) is 1. The summed E-state index contributed by atoms with van der Waals surface area (Å²) in [6.07, 6.45) is 3.13. The predicted octanol–water partition coefficient (Wildman–Crippen LogP) is 0.461. The second kappa shape index (κ2) is 14.4. The largest absolute Gasteiger partial charge is 0.481 e. The number of nitrogens with one attached hydrogen (secondary N) is 4. The molecule has 208 valence electrons. The van der Waals surface area contributed by atoms with Gasteiger partial charge in [-0.05, 0) is 36.0 Å². The maximum atomic E-state index is 13.3. The Morgan fingerprint density at radius 2 is 1.63 bits per heavy atom. The highest BCUT2D eigenvalue weighted by Crippen LogP contribution is 2.19. The maximum absolute atomic E-state index is 13.3. The molecule has 1 aromatic heterocycles. The fourth-order valence-corrected chi connectivity index (χ4v) is 4.30. The van der Waals surface area contributed by atoms with E-state index in [1.54, 1.807) is 20.0 Å². The van der Waals surface area contributed by atoms with E-state index in [1.807, 2.05) is 30.5 Å². The highest BCUT2D eigenvalue weighted by atomic mass is 32.2. The number of carbonyl (C=O) groups is 5. The van der Waals surface area contributed by atoms with Crippen molar-refractivity contribution in [2.75, 3.05) is 12.0 Å². The maximum Gasteiger partial charge on any atom is 0.326 e. The van der Waals surface area contributed by atoms with E-state index in [0.29, 0.717) is 17.7 Å². The van der Waals surface area contributed by atoms with Gasteiger partial charge in [0.2, 0.25) is 17.7 Å². The van der Waals surface area contributed by atoms with Crippen molar-refractivity contribution in [1.82, 2.24) is 20.9 Å². The highest BCUT2D eigenvalue weighted by Gasteiger charge is 2.32. The fourth-order valence-electron chi connectivity index (χ4n) is 3.81. The van der Waals surface area contributed by atoms with Crippen molar-refractivity contribution in [3.8, 4) is 0 Å². The van der Waals surface area contributed by atoms with Gasteiger partial charge in [-0.15, -0.1) is 0 Å². The van der Waals surface area contributed by atoms with Crippen LogP contribution in [-0.4, -0.2) is 81.0 Å². The number of thioether (sulfide) groups is 1. The third-order valence-corrected chi connectivity index (χ3v) is 6.59. The number of amides is 3. The lowest BCUT2D eigenvalue weighted by Gasteiger charge is -2.27. The molecule has 0 bridgehead atoms. The Morgan fingerprint density at radius 1 is 0.974 bits per heavy atom. The number of benzene rings is 1. The average molecular weight is 550 g/mol. The van der Waals surface area contributed by atoms with Gasteiger partial charge in [-0.25, -0.2) is 4.79 Å². The highest BCUT2D eigenvalue weighted by molar-refractivity contribution is 7.98. The molecule has 8 N–H and O–H groups in total. The first-order valence-electron chi connectivity index (χ1n) is 12.1. The molecular weight excluding hydrogens is 514 g/mol. The van der Waals surface area contributed by atoms with Crippen molar-refractivity contribution in [2.24, 2.45) is 11.7 Å². The summed E-state index contributed by atoms with van der Waals surface area (Å²) in [4.78, 5) is 64.8. The van der Waals surface area contributed by atoms with E-state index in [0.717, 1.165) is 10.9 Å². The molecule has 2 rings (SSSR count). The molecule has 0 saturated heterocycles. The minimum absolute atomic E-state index is 0.0208. The number of rotatable bonds is 15. The summed E-state index contributed by atoms with van der Waals surface area (Å²) in [6.45, 7) is 3.44. The van der Waals surface area contributed by atoms with Crippen LogP contribution < -0.4 is 21.7 Å². The minimum atomic E-state index is -1.70. The van der Waals surface area contributed by atoms with Gasteiger partial charge in [0, 0.05) is 23.5 Å². The number of carboxylic acids is 2. The van der Waals surface area contributed by atoms with E-state index in [1.165, 1.54) is 11.8 Å². The smallest absolute Gasteiger partial charge is 0.326 e. The van der Waals surface area contributed by atoms with E-state index < -0.39 is 60.2 Å². The zero-order valence-corrected chi connectivity index (χ0v) is 22.3. The molecule has 2 aromatic rings. The van der Waals surface area contributed by atoms with Crippen molar-refractivity contribution < 1.29 is 34.2 Å². The van der Waals surface area contributed by atoms with Gasteiger partial charge in [0.15, 0.2) is 0 Å². The summed E-state index contributed by atoms with van der Waals surface area (Å²) in [6, 6.07) is 2.52. The Kier molecular flexibility index (Phi) is 11.6. The van der Waals surface area contributed by atoms with Crippen LogP contribution >= 0.6 is 11.8 Å². The molecule has 4 atom stereocenters. The number of hydrogen-bond acceptors (Lipinski definition) is 7. The number of fused-ring (bicyclic) bond motifs is 1. The third-order valence-electron chi connectivity index (χ3n) is 5.94. The monoisotopic (exact) mass is 549 g/mol. The normalized spacial score (nSPS) is 14.3. The van der Waals surface area contributed by atoms with Crippen LogP contribution in [0.15, 0.2) is 30.5 Å². The number of aromatic nitrogens is 1. The SMILES string of the molecule is CSCCC(N)C(=O)NC(C(=O)NC(Cc1c[nH]c2ccccc12)C(=O)NC(CC(=O)O)C(=O)O)C(C)C. The lowest BCUT2D eigenvalue weighted by atomic mass is 10.00. The van der Waals surface area contributed by atoms with Crippen LogP contribution in [0.25, 0.3) is 10.9 Å². The topological polar surface area (TPSA) is 204 Å². The molecule has 4 unspecified atom stereocenters. The number of aliphatic carboxylic acids is 2. The molecule has 13 heteroatoms. The number of aromatic amines is 1. The zero-order valence-electron chi connectivity index (χ0n) is 21.5. The first-order chi connectivity index (χ1) is 17.9. The van der Waals surface area contributed by atoms with E-state index in [9.17, 15) is 29.1 Å². The summed E-state index contributed by atoms with van der Waals surface area (Å²) in [7, 11) is 0. The molecule has 0 aliphatic heterocycles. The van der Waals surface area contributed by atoms with Crippen LogP contribution in [-0.2, 0) is 30.4 Å². The number of hydrogen-bond donors (Lipinski definition) is 7. The van der Waals surface area contributed by atoms with Crippen molar-refractivity contribution in [2.45, 2.75) is 57.3 Å². The second-order valence-corrected chi connectivity index (χ2v) is 10.2. The number of carboxylic acid groups (broad SMARTS) is 2. The van der Waals surface area contributed by atoms with Crippen molar-refractivity contribution >= 4 is 52.3 Å². The predicted molar refractivity (Wildman–Crippen MR) is 143 cm³/mol. The van der Waals surface area contributed by atoms with Crippen LogP contribution in [0.3, 0.4) is 0 Å². The Balaban J connectivity index is 2.29. The first kappa shape index (κ1) is 30.6. The number of para-hydroxylation sites is 1. The zero-order chi connectivity index (χ0) is 28.4. The molecule has 1 aromatic carbocycles. The van der Waals surface area contributed by atoms with Gasteiger partial charge in [0.1, 0.15) is 18.1 Å². The molecule has 0 radical (unpaired) electrons. The van der Waals surface area contributed by atoms with E-state index in [-0.39, 0.29) is 12.3 Å². The minimum Gasteiger partial charge on any atom is -0.481 e. The van der Waals surface area contributed by atoms with E-state index in [2.05, 4.69) is 20.9 Å². The lowest BCUT2D eigenvalue weighted by molar-refractivity contribution is -0.147. The summed E-state index contributed by atoms with van der Waals surface area (Å²) >= 11 is 1.54. The first-order valence-corrected chi connectivity index (χ1v) is 13.5. The molecule has 0 saturated carbocycles. The Hall–Kier alpha value is -3.58. The summed E-state index contributed by atoms with van der Waals surface area (Å²) in [5.74, 6) is -4.65. The molecule has 0 aliphatic rings. The molecular formula is C25H35N5O7S. The summed E-state index contributed by atoms with van der Waals surface area (Å²) in [5, 5.41) is 26.7. The van der Waals surface area contributed by atoms with E-state index in [4.69, 9.17) is 10.8 Å². The van der Waals surface area contributed by atoms with Gasteiger partial charge in [-0.2, -0.15) is 11.8 Å². The molecule has 3 amide bonds. The van der Waals surface area contributed by atoms with Gasteiger partial charge < -0.3 is 36.9 Å². The summed E-state index contributed by atoms with van der Waals surface area (Å²) in [5.41, 5.74) is 7.42. The molecule has 0 spiro atoms. The third kappa shape index (κ3) is 8.77.